The first-order valence-corrected chi connectivity index (χ1v) is 11.4. The molecule has 0 aliphatic rings. The van der Waals surface area contributed by atoms with E-state index in [-0.39, 0.29) is 58.1 Å². The second-order valence-corrected chi connectivity index (χ2v) is 6.77. The van der Waals surface area contributed by atoms with Crippen LogP contribution in [0.3, 0.4) is 0 Å². The molecular weight excluding hydrogens is 512 g/mol. The van der Waals surface area contributed by atoms with Crippen molar-refractivity contribution in [1.82, 2.24) is 0 Å². The Morgan fingerprint density at radius 3 is 1.14 bits per heavy atom. The standard InChI is InChI=1S/2C10H9O2.2C4H9O2.Ti/c2*1-8(11)7-10(12)9-5-3-2-4-6-9;2*1-2-6-4-3-5;/h2*2-7H,1H3;2*2-4H2,1H3;/q4*-1;+4. The molecule has 0 heterocycles. The van der Waals surface area contributed by atoms with Crippen LogP contribution >= 0.6 is 0 Å². The molecule has 0 atom stereocenters. The Balaban J connectivity index is -0.000000436. The maximum absolute atomic E-state index is 11.2. The maximum atomic E-state index is 11.2. The monoisotopic (exact) mass is 548 g/mol. The molecule has 2 rings (SSSR count). The average molecular weight is 548 g/mol. The summed E-state index contributed by atoms with van der Waals surface area (Å²) < 4.78 is 9.34. The summed E-state index contributed by atoms with van der Waals surface area (Å²) in [5, 5.41) is 19.1. The molecule has 0 spiro atoms. The first-order valence-electron chi connectivity index (χ1n) is 11.4. The van der Waals surface area contributed by atoms with Crippen molar-refractivity contribution < 1.29 is 60.6 Å². The van der Waals surface area contributed by atoms with Crippen LogP contribution in [0.2, 0.25) is 0 Å². The average Bonchev–Trinajstić information content (AvgIpc) is 2.87. The van der Waals surface area contributed by atoms with Gasteiger partial charge in [0.25, 0.3) is 0 Å². The van der Waals surface area contributed by atoms with Crippen molar-refractivity contribution in [3.05, 3.63) is 84.6 Å². The first kappa shape index (κ1) is 38.9. The summed E-state index contributed by atoms with van der Waals surface area (Å²) in [7, 11) is 0. The van der Waals surface area contributed by atoms with E-state index >= 15 is 0 Å². The third kappa shape index (κ3) is 26.3. The third-order valence-corrected chi connectivity index (χ3v) is 3.65. The zero-order valence-corrected chi connectivity index (χ0v) is 23.5. The van der Waals surface area contributed by atoms with Crippen LogP contribution in [0.5, 0.6) is 0 Å². The van der Waals surface area contributed by atoms with Crippen LogP contribution in [0, 0.1) is 12.8 Å². The molecule has 0 aromatic heterocycles. The minimum absolute atomic E-state index is 0. The number of ether oxygens (including phenoxy) is 2. The molecule has 37 heavy (non-hydrogen) atoms. The quantitative estimate of drug-likeness (QED) is 0.130. The van der Waals surface area contributed by atoms with Crippen molar-refractivity contribution in [2.75, 3.05) is 39.6 Å². The number of carbonyl (C=O) groups excluding carboxylic acids is 4. The van der Waals surface area contributed by atoms with Crippen LogP contribution in [-0.2, 0) is 40.8 Å². The summed E-state index contributed by atoms with van der Waals surface area (Å²) in [6.45, 7) is 8.26. The molecule has 0 amide bonds. The second kappa shape index (κ2) is 28.0. The van der Waals surface area contributed by atoms with Crippen molar-refractivity contribution in [3.63, 3.8) is 0 Å². The fraction of sp³-hybridized carbons (Fsp3) is 0.357. The van der Waals surface area contributed by atoms with Gasteiger partial charge in [-0.2, -0.15) is 0 Å². The van der Waals surface area contributed by atoms with Gasteiger partial charge in [0.05, 0.1) is 11.6 Å². The minimum atomic E-state index is -0.233. The van der Waals surface area contributed by atoms with E-state index in [4.69, 9.17) is 0 Å². The van der Waals surface area contributed by atoms with Gasteiger partial charge in [-0.1, -0.05) is 36.4 Å². The summed E-state index contributed by atoms with van der Waals surface area (Å²) in [4.78, 5) is 43.5. The third-order valence-electron chi connectivity index (χ3n) is 3.65. The molecule has 0 N–H and O–H groups in total. The molecule has 0 fully saturated rings. The van der Waals surface area contributed by atoms with Crippen LogP contribution in [-0.4, -0.2) is 62.8 Å². The van der Waals surface area contributed by atoms with E-state index < -0.39 is 0 Å². The number of ketones is 4. The summed E-state index contributed by atoms with van der Waals surface area (Å²) in [6.07, 6.45) is 2.19. The van der Waals surface area contributed by atoms with Crippen molar-refractivity contribution in [1.29, 1.82) is 0 Å². The topological polar surface area (TPSA) is 133 Å². The molecular formula is C28H36O8Ti. The summed E-state index contributed by atoms with van der Waals surface area (Å²) in [6, 6.07) is 17.4. The Hall–Kier alpha value is -2.59. The van der Waals surface area contributed by atoms with Gasteiger partial charge in [0.1, 0.15) is 0 Å². The minimum Gasteiger partial charge on any atom is -0.853 e. The van der Waals surface area contributed by atoms with Gasteiger partial charge < -0.3 is 38.9 Å². The molecule has 0 radical (unpaired) electrons. The molecule has 8 nitrogen and oxygen atoms in total. The van der Waals surface area contributed by atoms with Gasteiger partial charge >= 0.3 is 21.7 Å². The predicted octanol–water partition coefficient (Wildman–Crippen LogP) is 2.09. The molecule has 0 aliphatic carbocycles. The Morgan fingerprint density at radius 2 is 0.946 bits per heavy atom. The number of rotatable bonds is 12. The summed E-state index contributed by atoms with van der Waals surface area (Å²) in [5.74, 6) is -0.904. The van der Waals surface area contributed by atoms with Crippen LogP contribution < -0.4 is 10.2 Å². The van der Waals surface area contributed by atoms with Crippen LogP contribution in [0.15, 0.2) is 60.7 Å². The van der Waals surface area contributed by atoms with Crippen LogP contribution in [0.25, 0.3) is 0 Å². The predicted molar refractivity (Wildman–Crippen MR) is 134 cm³/mol. The van der Waals surface area contributed by atoms with E-state index in [1.165, 1.54) is 13.8 Å². The molecule has 0 bridgehead atoms. The fourth-order valence-electron chi connectivity index (χ4n) is 2.15. The fourth-order valence-corrected chi connectivity index (χ4v) is 2.15. The van der Waals surface area contributed by atoms with Gasteiger partial charge in [0.15, 0.2) is 0 Å². The van der Waals surface area contributed by atoms with Gasteiger partial charge in [0, 0.05) is 38.0 Å². The smallest absolute Gasteiger partial charge is 0.853 e. The number of benzene rings is 2. The molecule has 0 aliphatic heterocycles. The van der Waals surface area contributed by atoms with Gasteiger partial charge in [-0.3, -0.25) is 0 Å². The van der Waals surface area contributed by atoms with Gasteiger partial charge in [-0.15, -0.1) is 61.4 Å². The van der Waals surface area contributed by atoms with Crippen molar-refractivity contribution in [3.8, 4) is 0 Å². The van der Waals surface area contributed by atoms with Crippen LogP contribution in [0.4, 0.5) is 0 Å². The largest absolute Gasteiger partial charge is 4.00 e. The van der Waals surface area contributed by atoms with E-state index in [1.807, 2.05) is 26.0 Å². The zero-order chi connectivity index (χ0) is 27.6. The Bertz CT molecular complexity index is 762. The number of hydrogen-bond donors (Lipinski definition) is 0. The molecule has 200 valence electrons. The van der Waals surface area contributed by atoms with Gasteiger partial charge in [-0.05, 0) is 27.7 Å². The number of hydrogen-bond acceptors (Lipinski definition) is 8. The molecule has 2 aromatic rings. The second-order valence-electron chi connectivity index (χ2n) is 6.77. The zero-order valence-electron chi connectivity index (χ0n) is 21.9. The summed E-state index contributed by atoms with van der Waals surface area (Å²) in [5.41, 5.74) is 1.10. The Kier molecular flexibility index (Phi) is 29.5. The first-order chi connectivity index (χ1) is 17.2. The number of Topliss-reactive ketones (excluding diaryl/α,β-unsaturated/α-hetero) is 4. The SMILES string of the molecule is CC(=O)[CH-]C(=O)c1ccccc1.CC(=O)[CH-]C(=O)c1ccccc1.CCOCC[O-].CCOCC[O-].[Ti+4]. The van der Waals surface area contributed by atoms with Crippen molar-refractivity contribution in [2.45, 2.75) is 27.7 Å². The molecule has 0 saturated carbocycles. The van der Waals surface area contributed by atoms with Gasteiger partial charge in [-0.25, -0.2) is 0 Å². The molecule has 9 heteroatoms. The molecule has 2 aromatic carbocycles. The summed E-state index contributed by atoms with van der Waals surface area (Å²) >= 11 is 0. The van der Waals surface area contributed by atoms with Gasteiger partial charge in [0.2, 0.25) is 0 Å². The van der Waals surface area contributed by atoms with E-state index in [1.54, 1.807) is 48.5 Å². The normalized spacial score (nSPS) is 8.81. The molecule has 0 saturated heterocycles. The van der Waals surface area contributed by atoms with Crippen molar-refractivity contribution >= 4 is 23.1 Å². The Morgan fingerprint density at radius 1 is 0.649 bits per heavy atom. The van der Waals surface area contributed by atoms with E-state index in [2.05, 4.69) is 9.47 Å². The van der Waals surface area contributed by atoms with Crippen molar-refractivity contribution in [2.24, 2.45) is 0 Å². The molecule has 0 unspecified atom stereocenters. The Labute approximate surface area is 235 Å². The number of carbonyl (C=O) groups is 4. The van der Waals surface area contributed by atoms with Crippen LogP contribution in [0.1, 0.15) is 48.4 Å². The van der Waals surface area contributed by atoms with E-state index in [0.717, 1.165) is 12.8 Å². The maximum Gasteiger partial charge on any atom is 4.00 e. The van der Waals surface area contributed by atoms with E-state index in [9.17, 15) is 29.4 Å². The van der Waals surface area contributed by atoms with E-state index in [0.29, 0.717) is 37.6 Å².